The second-order valence-electron chi connectivity index (χ2n) is 4.71. The minimum absolute atomic E-state index is 0.0558. The first-order valence-electron chi connectivity index (χ1n) is 6.51. The van der Waals surface area contributed by atoms with Gasteiger partial charge in [0.25, 0.3) is 5.91 Å². The quantitative estimate of drug-likeness (QED) is 0.849. The van der Waals surface area contributed by atoms with E-state index < -0.39 is 5.91 Å². The first kappa shape index (κ1) is 13.5. The summed E-state index contributed by atoms with van der Waals surface area (Å²) in [4.78, 5) is 24.8. The molecule has 5 heteroatoms. The van der Waals surface area contributed by atoms with E-state index in [1.807, 2.05) is 13.0 Å². The van der Waals surface area contributed by atoms with Crippen LogP contribution in [-0.2, 0) is 11.2 Å². The van der Waals surface area contributed by atoms with Gasteiger partial charge in [-0.1, -0.05) is 17.8 Å². The summed E-state index contributed by atoms with van der Waals surface area (Å²) in [5, 5.41) is 0. The van der Waals surface area contributed by atoms with E-state index >= 15 is 0 Å². The van der Waals surface area contributed by atoms with Gasteiger partial charge in [-0.25, -0.2) is 0 Å². The van der Waals surface area contributed by atoms with Crippen LogP contribution >= 0.6 is 0 Å². The van der Waals surface area contributed by atoms with Crippen molar-refractivity contribution in [3.05, 3.63) is 29.3 Å². The van der Waals surface area contributed by atoms with E-state index in [9.17, 15) is 14.1 Å². The maximum absolute atomic E-state index is 12.3. The van der Waals surface area contributed by atoms with Crippen molar-refractivity contribution in [1.82, 2.24) is 5.54 Å². The van der Waals surface area contributed by atoms with Crippen molar-refractivity contribution >= 4 is 17.5 Å². The fourth-order valence-electron chi connectivity index (χ4n) is 2.37. The summed E-state index contributed by atoms with van der Waals surface area (Å²) < 4.78 is 12.3. The normalized spacial score (nSPS) is 14.8. The summed E-state index contributed by atoms with van der Waals surface area (Å²) in [6.07, 6.45) is 3.07. The summed E-state index contributed by atoms with van der Waals surface area (Å²) in [6, 6.07) is 5.14. The Morgan fingerprint density at radius 1 is 1.42 bits per heavy atom. The molecule has 0 spiro atoms. The molecule has 2 rings (SSSR count). The molecule has 0 atom stereocenters. The van der Waals surface area contributed by atoms with E-state index in [2.05, 4.69) is 0 Å². The summed E-state index contributed by atoms with van der Waals surface area (Å²) in [6.45, 7) is 2.69. The predicted molar refractivity (Wildman–Crippen MR) is 70.6 cm³/mol. The second kappa shape index (κ2) is 5.82. The van der Waals surface area contributed by atoms with Crippen LogP contribution in [-0.4, -0.2) is 18.4 Å². The molecule has 0 bridgehead atoms. The zero-order valence-electron chi connectivity index (χ0n) is 10.9. The summed E-state index contributed by atoms with van der Waals surface area (Å²) >= 11 is 0. The lowest BCUT2D eigenvalue weighted by Gasteiger charge is -2.18. The van der Waals surface area contributed by atoms with Gasteiger partial charge in [-0.05, 0) is 36.6 Å². The molecule has 1 aliphatic heterocycles. The Bertz CT molecular complexity index is 502. The zero-order chi connectivity index (χ0) is 13.8. The second-order valence-corrected chi connectivity index (χ2v) is 4.71. The number of rotatable bonds is 4. The highest BCUT2D eigenvalue weighted by Crippen LogP contribution is 2.25. The molecule has 0 aromatic heterocycles. The fourth-order valence-corrected chi connectivity index (χ4v) is 2.37. The van der Waals surface area contributed by atoms with Crippen molar-refractivity contribution in [3.63, 3.8) is 0 Å². The Morgan fingerprint density at radius 3 is 2.79 bits per heavy atom. The molecule has 1 saturated heterocycles. The molecule has 1 fully saturated rings. The maximum atomic E-state index is 12.3. The van der Waals surface area contributed by atoms with Crippen LogP contribution in [0.2, 0.25) is 0 Å². The van der Waals surface area contributed by atoms with Gasteiger partial charge in [-0.15, -0.1) is 0 Å². The van der Waals surface area contributed by atoms with Gasteiger partial charge in [-0.2, -0.15) is 5.54 Å². The van der Waals surface area contributed by atoms with Crippen LogP contribution in [0.1, 0.15) is 42.1 Å². The number of hydrogen-bond donors (Lipinski definition) is 1. The molecular formula is C14H17FN2O2. The first-order valence-corrected chi connectivity index (χ1v) is 6.51. The Labute approximate surface area is 111 Å². The number of halogens is 1. The minimum Gasteiger partial charge on any atom is -0.312 e. The minimum atomic E-state index is -0.772. The average Bonchev–Trinajstić information content (AvgIpc) is 2.84. The van der Waals surface area contributed by atoms with Crippen molar-refractivity contribution in [2.75, 3.05) is 11.4 Å². The molecule has 1 aromatic rings. The standard InChI is InChI=1S/C14H17FN2O2/c1-2-4-10-7-11(14(19)16-15)9-12(8-10)17-6-3-5-13(17)18/h7-9H,2-6H2,1H3,(H,16,19). The Morgan fingerprint density at radius 2 is 2.21 bits per heavy atom. The fraction of sp³-hybridized carbons (Fsp3) is 0.429. The number of benzene rings is 1. The van der Waals surface area contributed by atoms with Gasteiger partial charge in [0.05, 0.1) is 0 Å². The molecule has 1 N–H and O–H groups in total. The molecule has 0 radical (unpaired) electrons. The summed E-state index contributed by atoms with van der Waals surface area (Å²) in [7, 11) is 0. The smallest absolute Gasteiger partial charge is 0.279 e. The lowest BCUT2D eigenvalue weighted by Crippen LogP contribution is -2.24. The number of carbonyl (C=O) groups is 2. The Kier molecular flexibility index (Phi) is 4.14. The maximum Gasteiger partial charge on any atom is 0.279 e. The van der Waals surface area contributed by atoms with Crippen LogP contribution in [0.4, 0.5) is 10.2 Å². The zero-order valence-corrected chi connectivity index (χ0v) is 10.9. The van der Waals surface area contributed by atoms with Crippen LogP contribution in [0, 0.1) is 0 Å². The van der Waals surface area contributed by atoms with Crippen LogP contribution < -0.4 is 10.4 Å². The van der Waals surface area contributed by atoms with Crippen molar-refractivity contribution in [1.29, 1.82) is 0 Å². The first-order chi connectivity index (χ1) is 9.15. The topological polar surface area (TPSA) is 49.4 Å². The van der Waals surface area contributed by atoms with Crippen molar-refractivity contribution in [2.24, 2.45) is 0 Å². The van der Waals surface area contributed by atoms with Crippen molar-refractivity contribution in [3.8, 4) is 0 Å². The van der Waals surface area contributed by atoms with Crippen molar-refractivity contribution in [2.45, 2.75) is 32.6 Å². The van der Waals surface area contributed by atoms with Gasteiger partial charge in [0.15, 0.2) is 0 Å². The average molecular weight is 264 g/mol. The largest absolute Gasteiger partial charge is 0.312 e. The van der Waals surface area contributed by atoms with E-state index in [1.165, 1.54) is 0 Å². The Balaban J connectivity index is 2.38. The number of amides is 2. The van der Waals surface area contributed by atoms with E-state index in [0.717, 1.165) is 30.4 Å². The molecule has 102 valence electrons. The lowest BCUT2D eigenvalue weighted by atomic mass is 10.0. The molecule has 0 unspecified atom stereocenters. The molecule has 2 amide bonds. The van der Waals surface area contributed by atoms with Gasteiger partial charge in [0.1, 0.15) is 0 Å². The van der Waals surface area contributed by atoms with Crippen molar-refractivity contribution < 1.29 is 14.1 Å². The third kappa shape index (κ3) is 2.92. The molecular weight excluding hydrogens is 247 g/mol. The third-order valence-electron chi connectivity index (χ3n) is 3.25. The van der Waals surface area contributed by atoms with Crippen LogP contribution in [0.5, 0.6) is 0 Å². The lowest BCUT2D eigenvalue weighted by molar-refractivity contribution is -0.117. The van der Waals surface area contributed by atoms with Crippen LogP contribution in [0.25, 0.3) is 0 Å². The monoisotopic (exact) mass is 264 g/mol. The van der Waals surface area contributed by atoms with Gasteiger partial charge in [-0.3, -0.25) is 9.59 Å². The third-order valence-corrected chi connectivity index (χ3v) is 3.25. The van der Waals surface area contributed by atoms with E-state index in [0.29, 0.717) is 18.7 Å². The summed E-state index contributed by atoms with van der Waals surface area (Å²) in [5.41, 5.74) is 3.02. The summed E-state index contributed by atoms with van der Waals surface area (Å²) in [5.74, 6) is -0.717. The van der Waals surface area contributed by atoms with E-state index in [-0.39, 0.29) is 11.5 Å². The van der Waals surface area contributed by atoms with Gasteiger partial charge in [0, 0.05) is 24.2 Å². The van der Waals surface area contributed by atoms with E-state index in [1.54, 1.807) is 17.0 Å². The number of nitrogens with zero attached hydrogens (tertiary/aromatic N) is 1. The number of carbonyl (C=O) groups excluding carboxylic acids is 2. The number of hydrogen-bond acceptors (Lipinski definition) is 2. The molecule has 1 aromatic carbocycles. The van der Waals surface area contributed by atoms with Gasteiger partial charge in [0.2, 0.25) is 5.91 Å². The highest BCUT2D eigenvalue weighted by molar-refractivity contribution is 5.99. The van der Waals surface area contributed by atoms with Gasteiger partial charge >= 0.3 is 0 Å². The molecule has 4 nitrogen and oxygen atoms in total. The number of anilines is 1. The molecule has 1 heterocycles. The molecule has 19 heavy (non-hydrogen) atoms. The number of aryl methyl sites for hydroxylation is 1. The molecule has 1 aliphatic rings. The number of nitrogens with one attached hydrogen (secondary N) is 1. The van der Waals surface area contributed by atoms with Gasteiger partial charge < -0.3 is 4.90 Å². The highest BCUT2D eigenvalue weighted by atomic mass is 19.2. The SMILES string of the molecule is CCCc1cc(C(=O)NF)cc(N2CCCC2=O)c1. The van der Waals surface area contributed by atoms with Crippen LogP contribution in [0.3, 0.4) is 0 Å². The predicted octanol–water partition coefficient (Wildman–Crippen LogP) is 2.38. The van der Waals surface area contributed by atoms with E-state index in [4.69, 9.17) is 0 Å². The Hall–Kier alpha value is -1.91. The highest BCUT2D eigenvalue weighted by Gasteiger charge is 2.23. The molecule has 0 aliphatic carbocycles. The van der Waals surface area contributed by atoms with Crippen LogP contribution in [0.15, 0.2) is 18.2 Å². The molecule has 0 saturated carbocycles.